The lowest BCUT2D eigenvalue weighted by atomic mass is 9.93. The van der Waals surface area contributed by atoms with E-state index >= 15 is 0 Å². The Morgan fingerprint density at radius 3 is 2.77 bits per heavy atom. The molecular weight excluding hydrogens is 464 g/mol. The number of carbonyl (C=O) groups excluding carboxylic acids is 1. The number of aliphatic imine (C=N–C) groups is 1. The SMILES string of the molecule is COc1cc(/C=N\c2sc3c(c2C(=O)NC2CCCCC2)CCCC3)cc(Br)c1O. The number of phenols is 1. The maximum atomic E-state index is 13.2. The fraction of sp³-hybridized carbons (Fsp3) is 0.478. The Balaban J connectivity index is 1.64. The highest BCUT2D eigenvalue weighted by Crippen LogP contribution is 2.40. The predicted octanol–water partition coefficient (Wildman–Crippen LogP) is 5.92. The Morgan fingerprint density at radius 2 is 2.00 bits per heavy atom. The Morgan fingerprint density at radius 1 is 1.23 bits per heavy atom. The van der Waals surface area contributed by atoms with Gasteiger partial charge in [-0.25, -0.2) is 4.99 Å². The molecule has 0 atom stereocenters. The zero-order chi connectivity index (χ0) is 21.1. The second-order valence-corrected chi connectivity index (χ2v) is 9.95. The molecule has 30 heavy (non-hydrogen) atoms. The van der Waals surface area contributed by atoms with Crippen molar-refractivity contribution >= 4 is 44.4 Å². The molecular formula is C23H27BrN2O3S. The molecule has 1 saturated carbocycles. The smallest absolute Gasteiger partial charge is 0.254 e. The van der Waals surface area contributed by atoms with E-state index in [-0.39, 0.29) is 17.7 Å². The number of fused-ring (bicyclic) bond motifs is 1. The molecule has 2 aromatic rings. The minimum atomic E-state index is 0.0258. The van der Waals surface area contributed by atoms with Gasteiger partial charge >= 0.3 is 0 Å². The van der Waals surface area contributed by atoms with Crippen LogP contribution in [-0.2, 0) is 12.8 Å². The lowest BCUT2D eigenvalue weighted by molar-refractivity contribution is 0.0927. The molecule has 0 saturated heterocycles. The van der Waals surface area contributed by atoms with Crippen LogP contribution in [0.5, 0.6) is 11.5 Å². The molecule has 2 aliphatic carbocycles. The zero-order valence-electron chi connectivity index (χ0n) is 17.2. The van der Waals surface area contributed by atoms with Gasteiger partial charge in [0.2, 0.25) is 0 Å². The van der Waals surface area contributed by atoms with Crippen molar-refractivity contribution in [3.05, 3.63) is 38.2 Å². The van der Waals surface area contributed by atoms with Crippen LogP contribution in [0.4, 0.5) is 5.00 Å². The van der Waals surface area contributed by atoms with Crippen molar-refractivity contribution in [3.8, 4) is 11.5 Å². The first-order valence-corrected chi connectivity index (χ1v) is 12.2. The number of methoxy groups -OCH3 is 1. The number of rotatable bonds is 5. The Hall–Kier alpha value is -1.86. The van der Waals surface area contributed by atoms with Crippen LogP contribution in [0.2, 0.25) is 0 Å². The summed E-state index contributed by atoms with van der Waals surface area (Å²) >= 11 is 4.99. The van der Waals surface area contributed by atoms with E-state index in [1.165, 1.54) is 43.2 Å². The van der Waals surface area contributed by atoms with E-state index in [9.17, 15) is 9.90 Å². The fourth-order valence-electron chi connectivity index (χ4n) is 4.34. The molecule has 2 N–H and O–H groups in total. The van der Waals surface area contributed by atoms with Crippen molar-refractivity contribution in [2.75, 3.05) is 7.11 Å². The van der Waals surface area contributed by atoms with Crippen LogP contribution in [0.1, 0.15) is 71.3 Å². The molecule has 0 radical (unpaired) electrons. The summed E-state index contributed by atoms with van der Waals surface area (Å²) in [5, 5.41) is 14.1. The summed E-state index contributed by atoms with van der Waals surface area (Å²) in [5.74, 6) is 0.471. The highest BCUT2D eigenvalue weighted by molar-refractivity contribution is 9.10. The number of thiophene rings is 1. The monoisotopic (exact) mass is 490 g/mol. The standard InChI is InChI=1S/C23H27BrN2O3S/c1-29-18-12-14(11-17(24)21(18)27)13-25-23-20(16-9-5-6-10-19(16)30-23)22(28)26-15-7-3-2-4-8-15/h11-13,15,27H,2-10H2,1H3,(H,26,28)/b25-13-. The van der Waals surface area contributed by atoms with Gasteiger partial charge in [0.25, 0.3) is 5.91 Å². The van der Waals surface area contributed by atoms with Crippen LogP contribution in [0.25, 0.3) is 0 Å². The quantitative estimate of drug-likeness (QED) is 0.511. The van der Waals surface area contributed by atoms with Crippen LogP contribution >= 0.6 is 27.3 Å². The number of halogens is 1. The van der Waals surface area contributed by atoms with E-state index in [2.05, 4.69) is 21.2 Å². The molecule has 1 fully saturated rings. The van der Waals surface area contributed by atoms with Gasteiger partial charge in [0.05, 0.1) is 17.1 Å². The lowest BCUT2D eigenvalue weighted by Crippen LogP contribution is -2.36. The third kappa shape index (κ3) is 4.57. The Labute approximate surface area is 189 Å². The third-order valence-electron chi connectivity index (χ3n) is 5.92. The van der Waals surface area contributed by atoms with E-state index in [4.69, 9.17) is 9.73 Å². The number of nitrogens with zero attached hydrogens (tertiary/aromatic N) is 1. The van der Waals surface area contributed by atoms with Gasteiger partial charge in [-0.05, 0) is 77.7 Å². The van der Waals surface area contributed by atoms with Crippen molar-refractivity contribution in [3.63, 3.8) is 0 Å². The number of phenolic OH excluding ortho intramolecular Hbond substituents is 1. The van der Waals surface area contributed by atoms with E-state index in [1.807, 2.05) is 0 Å². The summed E-state index contributed by atoms with van der Waals surface area (Å²) in [6.07, 6.45) is 11.8. The third-order valence-corrected chi connectivity index (χ3v) is 7.73. The second kappa shape index (κ2) is 9.52. The molecule has 1 aromatic heterocycles. The largest absolute Gasteiger partial charge is 0.503 e. The van der Waals surface area contributed by atoms with Crippen molar-refractivity contribution in [1.82, 2.24) is 5.32 Å². The van der Waals surface area contributed by atoms with Gasteiger partial charge in [-0.2, -0.15) is 0 Å². The summed E-state index contributed by atoms with van der Waals surface area (Å²) in [5.41, 5.74) is 2.75. The molecule has 1 amide bonds. The fourth-order valence-corrected chi connectivity index (χ4v) is 6.03. The summed E-state index contributed by atoms with van der Waals surface area (Å²) < 4.78 is 5.77. The maximum Gasteiger partial charge on any atom is 0.254 e. The van der Waals surface area contributed by atoms with Gasteiger partial charge in [-0.15, -0.1) is 11.3 Å². The predicted molar refractivity (Wildman–Crippen MR) is 125 cm³/mol. The molecule has 2 aliphatic rings. The number of benzene rings is 1. The van der Waals surface area contributed by atoms with Crippen molar-refractivity contribution < 1.29 is 14.6 Å². The topological polar surface area (TPSA) is 70.9 Å². The van der Waals surface area contributed by atoms with Crippen LogP contribution in [0, 0.1) is 0 Å². The normalized spacial score (nSPS) is 17.1. The summed E-state index contributed by atoms with van der Waals surface area (Å²) in [4.78, 5) is 19.3. The molecule has 4 rings (SSSR count). The molecule has 1 heterocycles. The van der Waals surface area contributed by atoms with Crippen molar-refractivity contribution in [2.45, 2.75) is 63.8 Å². The Bertz CT molecular complexity index is 964. The van der Waals surface area contributed by atoms with E-state index in [0.717, 1.165) is 48.2 Å². The maximum absolute atomic E-state index is 13.2. The first kappa shape index (κ1) is 21.4. The zero-order valence-corrected chi connectivity index (χ0v) is 19.6. The van der Waals surface area contributed by atoms with Crippen LogP contribution in [0.15, 0.2) is 21.6 Å². The minimum Gasteiger partial charge on any atom is -0.503 e. The number of hydrogen-bond acceptors (Lipinski definition) is 5. The van der Waals surface area contributed by atoms with Gasteiger partial charge in [0, 0.05) is 17.1 Å². The number of aromatic hydroxyl groups is 1. The first-order valence-electron chi connectivity index (χ1n) is 10.6. The Kier molecular flexibility index (Phi) is 6.78. The average Bonchev–Trinajstić information content (AvgIpc) is 3.13. The minimum absolute atomic E-state index is 0.0258. The second-order valence-electron chi connectivity index (χ2n) is 8.01. The highest BCUT2D eigenvalue weighted by Gasteiger charge is 2.27. The van der Waals surface area contributed by atoms with Gasteiger partial charge in [-0.1, -0.05) is 19.3 Å². The molecule has 0 spiro atoms. The van der Waals surface area contributed by atoms with E-state index in [0.29, 0.717) is 10.2 Å². The molecule has 0 bridgehead atoms. The number of ether oxygens (including phenoxy) is 1. The van der Waals surface area contributed by atoms with Crippen molar-refractivity contribution in [1.29, 1.82) is 0 Å². The van der Waals surface area contributed by atoms with E-state index < -0.39 is 0 Å². The van der Waals surface area contributed by atoms with E-state index in [1.54, 1.807) is 29.7 Å². The summed E-state index contributed by atoms with van der Waals surface area (Å²) in [6, 6.07) is 3.80. The van der Waals surface area contributed by atoms with Crippen LogP contribution in [0.3, 0.4) is 0 Å². The van der Waals surface area contributed by atoms with Crippen LogP contribution in [-0.4, -0.2) is 30.4 Å². The molecule has 160 valence electrons. The highest BCUT2D eigenvalue weighted by atomic mass is 79.9. The average molecular weight is 491 g/mol. The summed E-state index contributed by atoms with van der Waals surface area (Å²) in [6.45, 7) is 0. The molecule has 1 aromatic carbocycles. The number of amides is 1. The van der Waals surface area contributed by atoms with Gasteiger partial charge in [-0.3, -0.25) is 4.79 Å². The molecule has 0 aliphatic heterocycles. The summed E-state index contributed by atoms with van der Waals surface area (Å²) in [7, 11) is 1.52. The molecule has 7 heteroatoms. The number of hydrogen-bond donors (Lipinski definition) is 2. The van der Waals surface area contributed by atoms with Crippen LogP contribution < -0.4 is 10.1 Å². The first-order chi connectivity index (χ1) is 14.6. The number of carbonyl (C=O) groups is 1. The van der Waals surface area contributed by atoms with Gasteiger partial charge < -0.3 is 15.2 Å². The number of nitrogens with one attached hydrogen (secondary N) is 1. The van der Waals surface area contributed by atoms with Crippen molar-refractivity contribution in [2.24, 2.45) is 4.99 Å². The molecule has 0 unspecified atom stereocenters. The lowest BCUT2D eigenvalue weighted by Gasteiger charge is -2.23. The van der Waals surface area contributed by atoms with Gasteiger partial charge in [0.1, 0.15) is 5.00 Å². The number of aryl methyl sites for hydroxylation is 1. The van der Waals surface area contributed by atoms with Gasteiger partial charge in [0.15, 0.2) is 11.5 Å². The molecule has 5 nitrogen and oxygen atoms in total.